The number of hydrogen-bond acceptors (Lipinski definition) is 5. The molecule has 0 bridgehead atoms. The standard InChI is InChI=1S/C19H18F3N3O5S/c1-11-7-14-15(30-10-18(27)24-14)8-16(11)31(28,29)25(2)9-17(26)23-13-6-4-3-5-12(13)19(20,21)22/h3-8H,9-10H2,1-2H3,(H,23,26)(H,24,27). The SMILES string of the molecule is Cc1cc2c(cc1S(=O)(=O)N(C)CC(=O)Nc1ccccc1C(F)(F)F)OCC(=O)N2. The molecule has 0 radical (unpaired) electrons. The second-order valence-electron chi connectivity index (χ2n) is 6.80. The van der Waals surface area contributed by atoms with Crippen molar-refractivity contribution in [2.45, 2.75) is 18.0 Å². The van der Waals surface area contributed by atoms with Gasteiger partial charge in [-0.2, -0.15) is 17.5 Å². The molecule has 31 heavy (non-hydrogen) atoms. The van der Waals surface area contributed by atoms with Crippen LogP contribution in [0.4, 0.5) is 24.5 Å². The zero-order valence-corrected chi connectivity index (χ0v) is 17.2. The number of ether oxygens (including phenoxy) is 1. The van der Waals surface area contributed by atoms with E-state index >= 15 is 0 Å². The summed E-state index contributed by atoms with van der Waals surface area (Å²) >= 11 is 0. The van der Waals surface area contributed by atoms with Gasteiger partial charge < -0.3 is 15.4 Å². The van der Waals surface area contributed by atoms with Crippen LogP contribution in [0.5, 0.6) is 5.75 Å². The van der Waals surface area contributed by atoms with Gasteiger partial charge >= 0.3 is 6.18 Å². The van der Waals surface area contributed by atoms with Gasteiger partial charge in [0, 0.05) is 13.1 Å². The van der Waals surface area contributed by atoms with Crippen molar-refractivity contribution in [3.05, 3.63) is 47.5 Å². The summed E-state index contributed by atoms with van der Waals surface area (Å²) in [5.74, 6) is -1.17. The van der Waals surface area contributed by atoms with Crippen molar-refractivity contribution in [1.82, 2.24) is 4.31 Å². The first kappa shape index (κ1) is 22.6. The van der Waals surface area contributed by atoms with Crippen LogP contribution >= 0.6 is 0 Å². The van der Waals surface area contributed by atoms with Crippen molar-refractivity contribution in [3.63, 3.8) is 0 Å². The molecule has 0 unspecified atom stereocenters. The Morgan fingerprint density at radius 3 is 2.61 bits per heavy atom. The van der Waals surface area contributed by atoms with Crippen LogP contribution in [0.1, 0.15) is 11.1 Å². The predicted molar refractivity (Wildman–Crippen MR) is 105 cm³/mol. The van der Waals surface area contributed by atoms with Gasteiger partial charge in [-0.15, -0.1) is 0 Å². The third-order valence-electron chi connectivity index (χ3n) is 4.47. The smallest absolute Gasteiger partial charge is 0.418 e. The first-order chi connectivity index (χ1) is 14.4. The van der Waals surface area contributed by atoms with Crippen LogP contribution in [-0.2, 0) is 25.8 Å². The molecule has 0 spiro atoms. The summed E-state index contributed by atoms with van der Waals surface area (Å²) in [6, 6.07) is 7.04. The highest BCUT2D eigenvalue weighted by Crippen LogP contribution is 2.35. The number of sulfonamides is 1. The highest BCUT2D eigenvalue weighted by molar-refractivity contribution is 7.89. The van der Waals surface area contributed by atoms with Crippen molar-refractivity contribution in [2.24, 2.45) is 0 Å². The molecule has 2 amide bonds. The topological polar surface area (TPSA) is 105 Å². The molecular formula is C19H18F3N3O5S. The lowest BCUT2D eigenvalue weighted by molar-refractivity contribution is -0.137. The maximum absolute atomic E-state index is 13.1. The number of nitrogens with one attached hydrogen (secondary N) is 2. The molecule has 0 saturated carbocycles. The van der Waals surface area contributed by atoms with E-state index < -0.39 is 39.9 Å². The van der Waals surface area contributed by atoms with Gasteiger partial charge in [0.25, 0.3) is 5.91 Å². The molecule has 2 N–H and O–H groups in total. The van der Waals surface area contributed by atoms with Gasteiger partial charge in [0.05, 0.1) is 28.4 Å². The highest BCUT2D eigenvalue weighted by atomic mass is 32.2. The Labute approximate surface area is 176 Å². The predicted octanol–water partition coefficient (Wildman–Crippen LogP) is 2.60. The van der Waals surface area contributed by atoms with Gasteiger partial charge in [-0.25, -0.2) is 8.42 Å². The quantitative estimate of drug-likeness (QED) is 0.718. The number of alkyl halides is 3. The summed E-state index contributed by atoms with van der Waals surface area (Å²) in [6.45, 7) is 0.510. The zero-order valence-electron chi connectivity index (χ0n) is 16.4. The number of carbonyl (C=O) groups excluding carboxylic acids is 2. The third kappa shape index (κ3) is 4.80. The van der Waals surface area contributed by atoms with Gasteiger partial charge in [-0.3, -0.25) is 9.59 Å². The molecule has 1 heterocycles. The second-order valence-corrected chi connectivity index (χ2v) is 8.82. The van der Waals surface area contributed by atoms with Crippen molar-refractivity contribution in [3.8, 4) is 5.75 Å². The van der Waals surface area contributed by atoms with Crippen molar-refractivity contribution in [1.29, 1.82) is 0 Å². The van der Waals surface area contributed by atoms with Gasteiger partial charge in [-0.1, -0.05) is 12.1 Å². The number of aryl methyl sites for hydroxylation is 1. The van der Waals surface area contributed by atoms with E-state index in [0.717, 1.165) is 19.2 Å². The fourth-order valence-electron chi connectivity index (χ4n) is 2.98. The van der Waals surface area contributed by atoms with Crippen LogP contribution in [0.15, 0.2) is 41.3 Å². The van der Waals surface area contributed by atoms with E-state index in [1.165, 1.54) is 31.2 Å². The first-order valence-corrected chi connectivity index (χ1v) is 10.3. The number of benzene rings is 2. The molecule has 1 aliphatic rings. The van der Waals surface area contributed by atoms with E-state index in [1.54, 1.807) is 0 Å². The third-order valence-corrected chi connectivity index (χ3v) is 6.42. The Morgan fingerprint density at radius 2 is 1.94 bits per heavy atom. The maximum Gasteiger partial charge on any atom is 0.418 e. The molecule has 12 heteroatoms. The summed E-state index contributed by atoms with van der Waals surface area (Å²) in [5.41, 5.74) is -0.908. The molecule has 1 aliphatic heterocycles. The van der Waals surface area contributed by atoms with E-state index in [2.05, 4.69) is 10.6 Å². The lowest BCUT2D eigenvalue weighted by Crippen LogP contribution is -2.35. The number of rotatable bonds is 5. The molecule has 0 aromatic heterocycles. The number of nitrogens with zero attached hydrogens (tertiary/aromatic N) is 1. The Bertz CT molecular complexity index is 1150. The second kappa shape index (κ2) is 8.19. The highest BCUT2D eigenvalue weighted by Gasteiger charge is 2.34. The molecule has 166 valence electrons. The van der Waals surface area contributed by atoms with Crippen LogP contribution in [0, 0.1) is 6.92 Å². The summed E-state index contributed by atoms with van der Waals surface area (Å²) in [6.07, 6.45) is -4.68. The largest absolute Gasteiger partial charge is 0.482 e. The van der Waals surface area contributed by atoms with Gasteiger partial charge in [0.2, 0.25) is 15.9 Å². The Balaban J connectivity index is 1.80. The fraction of sp³-hybridized carbons (Fsp3) is 0.263. The summed E-state index contributed by atoms with van der Waals surface area (Å²) < 4.78 is 71.1. The van der Waals surface area contributed by atoms with E-state index in [0.29, 0.717) is 15.6 Å². The van der Waals surface area contributed by atoms with E-state index in [-0.39, 0.29) is 23.2 Å². The monoisotopic (exact) mass is 457 g/mol. The van der Waals surface area contributed by atoms with Crippen LogP contribution in [0.3, 0.4) is 0 Å². The number of amides is 2. The molecular weight excluding hydrogens is 439 g/mol. The van der Waals surface area contributed by atoms with Crippen LogP contribution < -0.4 is 15.4 Å². The number of likely N-dealkylation sites (N-methyl/N-ethyl adjacent to an activating group) is 1. The number of halogens is 3. The Hall–Kier alpha value is -3.12. The molecule has 0 saturated heterocycles. The number of carbonyl (C=O) groups is 2. The van der Waals surface area contributed by atoms with E-state index in [4.69, 9.17) is 4.74 Å². The van der Waals surface area contributed by atoms with Gasteiger partial charge in [0.15, 0.2) is 6.61 Å². The summed E-state index contributed by atoms with van der Waals surface area (Å²) in [7, 11) is -3.05. The summed E-state index contributed by atoms with van der Waals surface area (Å²) in [5, 5.41) is 4.66. The van der Waals surface area contributed by atoms with Crippen LogP contribution in [0.25, 0.3) is 0 Å². The average molecular weight is 457 g/mol. The normalized spacial score (nSPS) is 13.9. The molecule has 0 atom stereocenters. The molecule has 8 nitrogen and oxygen atoms in total. The molecule has 0 aliphatic carbocycles. The molecule has 2 aromatic rings. The molecule has 3 rings (SSSR count). The Morgan fingerprint density at radius 1 is 1.26 bits per heavy atom. The van der Waals surface area contributed by atoms with Crippen LogP contribution in [0.2, 0.25) is 0 Å². The van der Waals surface area contributed by atoms with Gasteiger partial charge in [0.1, 0.15) is 5.75 Å². The average Bonchev–Trinajstić information content (AvgIpc) is 2.66. The number of fused-ring (bicyclic) bond motifs is 1. The van der Waals surface area contributed by atoms with Crippen molar-refractivity contribution in [2.75, 3.05) is 30.8 Å². The Kier molecular flexibility index (Phi) is 5.96. The minimum atomic E-state index is -4.68. The number of para-hydroxylation sites is 1. The minimum absolute atomic E-state index is 0.153. The van der Waals surface area contributed by atoms with Crippen molar-refractivity contribution >= 4 is 33.2 Å². The lowest BCUT2D eigenvalue weighted by Gasteiger charge is -2.22. The minimum Gasteiger partial charge on any atom is -0.482 e. The fourth-order valence-corrected chi connectivity index (χ4v) is 4.32. The molecule has 2 aromatic carbocycles. The van der Waals surface area contributed by atoms with Crippen LogP contribution in [-0.4, -0.2) is 44.7 Å². The summed E-state index contributed by atoms with van der Waals surface area (Å²) in [4.78, 5) is 23.5. The maximum atomic E-state index is 13.1. The first-order valence-electron chi connectivity index (χ1n) is 8.89. The number of anilines is 2. The molecule has 0 fully saturated rings. The zero-order chi connectivity index (χ0) is 23.0. The number of hydrogen-bond donors (Lipinski definition) is 2. The lowest BCUT2D eigenvalue weighted by atomic mass is 10.1. The van der Waals surface area contributed by atoms with Crippen molar-refractivity contribution < 1.29 is 35.9 Å². The van der Waals surface area contributed by atoms with Gasteiger partial charge in [-0.05, 0) is 30.7 Å². The van der Waals surface area contributed by atoms with E-state index in [9.17, 15) is 31.2 Å². The van der Waals surface area contributed by atoms with E-state index in [1.807, 2.05) is 0 Å².